The number of aryl methyl sites for hydroxylation is 2. The molecule has 0 aliphatic heterocycles. The summed E-state index contributed by atoms with van der Waals surface area (Å²) in [5.74, 6) is -0.338. The van der Waals surface area contributed by atoms with Crippen LogP contribution in [-0.2, 0) is 24.1 Å². The molecule has 2 aromatic carbocycles. The number of nitrogens with one attached hydrogen (secondary N) is 1. The molecule has 1 aliphatic rings. The monoisotopic (exact) mass is 589 g/mol. The third-order valence-corrected chi connectivity index (χ3v) is 8.43. The number of alkyl halides is 3. The van der Waals surface area contributed by atoms with Crippen molar-refractivity contribution in [3.05, 3.63) is 104 Å². The number of halogens is 3. The van der Waals surface area contributed by atoms with Gasteiger partial charge in [0.25, 0.3) is 5.56 Å². The lowest BCUT2D eigenvalue weighted by Gasteiger charge is -2.28. The summed E-state index contributed by atoms with van der Waals surface area (Å²) in [6.45, 7) is 3.42. The minimum atomic E-state index is -4.74. The van der Waals surface area contributed by atoms with Crippen LogP contribution in [-0.4, -0.2) is 20.0 Å². The van der Waals surface area contributed by atoms with Crippen LogP contribution in [0.15, 0.2) is 64.4 Å². The van der Waals surface area contributed by atoms with Crippen LogP contribution in [0, 0.1) is 37.0 Å². The van der Waals surface area contributed by atoms with Gasteiger partial charge in [-0.2, -0.15) is 18.4 Å². The van der Waals surface area contributed by atoms with Gasteiger partial charge in [0.05, 0.1) is 28.6 Å². The maximum absolute atomic E-state index is 13.9. The van der Waals surface area contributed by atoms with Gasteiger partial charge in [0.15, 0.2) is 0 Å². The van der Waals surface area contributed by atoms with Crippen LogP contribution < -0.4 is 16.6 Å². The van der Waals surface area contributed by atoms with E-state index < -0.39 is 28.6 Å². The molecule has 1 fully saturated rings. The molecular weight excluding hydrogens is 559 g/mol. The Bertz CT molecular complexity index is 1850. The number of rotatable bonds is 6. The molecule has 222 valence electrons. The SMILES string of the molecule is Cc1ccc2c(c1C)c(=O)n(CC1CCC(C(=O)Nc3ccncc3)CC1)c(=O)n2Cc1cccc(C(F)(F)F)c1C#N. The molecule has 43 heavy (non-hydrogen) atoms. The molecule has 8 nitrogen and oxygen atoms in total. The lowest BCUT2D eigenvalue weighted by molar-refractivity contribution is -0.137. The van der Waals surface area contributed by atoms with E-state index in [-0.39, 0.29) is 36.4 Å². The van der Waals surface area contributed by atoms with Gasteiger partial charge in [-0.25, -0.2) is 4.79 Å². The molecule has 1 aliphatic carbocycles. The van der Waals surface area contributed by atoms with Crippen molar-refractivity contribution in [3.8, 4) is 6.07 Å². The van der Waals surface area contributed by atoms with Crippen LogP contribution in [0.1, 0.15) is 53.5 Å². The number of amides is 1. The standard InChI is InChI=1S/C32H30F3N5O3/c1-19-6-11-27-28(20(19)2)30(42)40(17-21-7-9-22(10-8-21)29(41)38-24-12-14-37-15-13-24)31(43)39(27)18-23-4-3-5-26(25(23)16-36)32(33,34)35/h3-6,11-15,21-22H,7-10,17-18H2,1-2H3,(H,37,38,41). The van der Waals surface area contributed by atoms with Gasteiger partial charge in [-0.3, -0.25) is 23.7 Å². The normalized spacial score (nSPS) is 17.0. The highest BCUT2D eigenvalue weighted by Crippen LogP contribution is 2.34. The summed E-state index contributed by atoms with van der Waals surface area (Å²) in [6, 6.07) is 11.9. The van der Waals surface area contributed by atoms with Crippen LogP contribution in [0.25, 0.3) is 10.9 Å². The van der Waals surface area contributed by atoms with Crippen molar-refractivity contribution >= 4 is 22.5 Å². The first kappa shape index (κ1) is 29.8. The number of aromatic nitrogens is 3. The van der Waals surface area contributed by atoms with Gasteiger partial charge in [-0.1, -0.05) is 18.2 Å². The van der Waals surface area contributed by atoms with E-state index in [9.17, 15) is 32.8 Å². The topological polar surface area (TPSA) is 110 Å². The van der Waals surface area contributed by atoms with Gasteiger partial charge in [0, 0.05) is 30.5 Å². The Morgan fingerprint density at radius 2 is 1.72 bits per heavy atom. The Morgan fingerprint density at radius 1 is 1.02 bits per heavy atom. The molecular formula is C32H30F3N5O3. The number of hydrogen-bond acceptors (Lipinski definition) is 5. The van der Waals surface area contributed by atoms with E-state index in [4.69, 9.17) is 0 Å². The van der Waals surface area contributed by atoms with Crippen molar-refractivity contribution in [2.24, 2.45) is 11.8 Å². The summed E-state index contributed by atoms with van der Waals surface area (Å²) in [6.07, 6.45) is 0.872. The van der Waals surface area contributed by atoms with E-state index >= 15 is 0 Å². The number of fused-ring (bicyclic) bond motifs is 1. The minimum absolute atomic E-state index is 0.0323. The predicted molar refractivity (Wildman–Crippen MR) is 156 cm³/mol. The van der Waals surface area contributed by atoms with Gasteiger partial charge in [0.1, 0.15) is 6.07 Å². The van der Waals surface area contributed by atoms with E-state index in [0.717, 1.165) is 16.2 Å². The highest BCUT2D eigenvalue weighted by Gasteiger charge is 2.34. The van der Waals surface area contributed by atoms with E-state index in [0.29, 0.717) is 47.8 Å². The Hall–Kier alpha value is -4.72. The Balaban J connectivity index is 1.48. The molecule has 11 heteroatoms. The molecule has 2 heterocycles. The summed E-state index contributed by atoms with van der Waals surface area (Å²) in [5, 5.41) is 12.9. The molecule has 0 atom stereocenters. The number of carbonyl (C=O) groups excluding carboxylic acids is 1. The number of hydrogen-bond donors (Lipinski definition) is 1. The number of nitriles is 1. The van der Waals surface area contributed by atoms with Crippen molar-refractivity contribution < 1.29 is 18.0 Å². The lowest BCUT2D eigenvalue weighted by atomic mass is 9.81. The van der Waals surface area contributed by atoms with E-state index in [1.54, 1.807) is 49.7 Å². The third kappa shape index (κ3) is 5.95. The maximum Gasteiger partial charge on any atom is 0.417 e. The zero-order valence-electron chi connectivity index (χ0n) is 23.7. The second-order valence-corrected chi connectivity index (χ2v) is 11.1. The molecule has 5 rings (SSSR count). The van der Waals surface area contributed by atoms with Crippen molar-refractivity contribution in [2.75, 3.05) is 5.32 Å². The number of benzene rings is 2. The molecule has 0 radical (unpaired) electrons. The summed E-state index contributed by atoms with van der Waals surface area (Å²) in [5.41, 5.74) is -0.243. The molecule has 1 N–H and O–H groups in total. The van der Waals surface area contributed by atoms with Gasteiger partial charge >= 0.3 is 11.9 Å². The molecule has 1 amide bonds. The second-order valence-electron chi connectivity index (χ2n) is 11.1. The predicted octanol–water partition coefficient (Wildman–Crippen LogP) is 5.56. The summed E-state index contributed by atoms with van der Waals surface area (Å²) in [4.78, 5) is 44.4. The van der Waals surface area contributed by atoms with Crippen LogP contribution in [0.2, 0.25) is 0 Å². The molecule has 0 unspecified atom stereocenters. The first-order valence-corrected chi connectivity index (χ1v) is 14.0. The quantitative estimate of drug-likeness (QED) is 0.317. The average molecular weight is 590 g/mol. The number of anilines is 1. The fraction of sp³-hybridized carbons (Fsp3) is 0.344. The Morgan fingerprint density at radius 3 is 2.37 bits per heavy atom. The molecule has 0 spiro atoms. The maximum atomic E-state index is 13.9. The summed E-state index contributed by atoms with van der Waals surface area (Å²) < 4.78 is 43.4. The molecule has 4 aromatic rings. The first-order chi connectivity index (χ1) is 20.5. The highest BCUT2D eigenvalue weighted by atomic mass is 19.4. The van der Waals surface area contributed by atoms with E-state index in [1.165, 1.54) is 16.7 Å². The average Bonchev–Trinajstić information content (AvgIpc) is 2.99. The Labute approximate surface area is 245 Å². The van der Waals surface area contributed by atoms with Crippen molar-refractivity contribution in [2.45, 2.75) is 58.8 Å². The van der Waals surface area contributed by atoms with Crippen LogP contribution >= 0.6 is 0 Å². The zero-order chi connectivity index (χ0) is 30.9. The van der Waals surface area contributed by atoms with Gasteiger partial charge in [0.2, 0.25) is 5.91 Å². The number of carbonyl (C=O) groups is 1. The van der Waals surface area contributed by atoms with E-state index in [1.807, 2.05) is 6.92 Å². The fourth-order valence-electron chi connectivity index (χ4n) is 5.90. The zero-order valence-corrected chi connectivity index (χ0v) is 23.7. The van der Waals surface area contributed by atoms with Gasteiger partial charge in [-0.15, -0.1) is 0 Å². The van der Waals surface area contributed by atoms with Crippen LogP contribution in [0.3, 0.4) is 0 Å². The van der Waals surface area contributed by atoms with Gasteiger partial charge < -0.3 is 5.32 Å². The smallest absolute Gasteiger partial charge is 0.326 e. The largest absolute Gasteiger partial charge is 0.417 e. The van der Waals surface area contributed by atoms with Gasteiger partial charge in [-0.05, 0) is 86.4 Å². The lowest BCUT2D eigenvalue weighted by Crippen LogP contribution is -2.42. The number of nitrogens with zero attached hydrogens (tertiary/aromatic N) is 4. The molecule has 2 aromatic heterocycles. The minimum Gasteiger partial charge on any atom is -0.326 e. The number of pyridine rings is 1. The fourth-order valence-corrected chi connectivity index (χ4v) is 5.90. The first-order valence-electron chi connectivity index (χ1n) is 14.0. The molecule has 1 saturated carbocycles. The van der Waals surface area contributed by atoms with Crippen LogP contribution in [0.4, 0.5) is 18.9 Å². The van der Waals surface area contributed by atoms with Crippen molar-refractivity contribution in [1.82, 2.24) is 14.1 Å². The molecule has 0 saturated heterocycles. The summed E-state index contributed by atoms with van der Waals surface area (Å²) >= 11 is 0. The van der Waals surface area contributed by atoms with Crippen LogP contribution in [0.5, 0.6) is 0 Å². The summed E-state index contributed by atoms with van der Waals surface area (Å²) in [7, 11) is 0. The second kappa shape index (κ2) is 11.9. The van der Waals surface area contributed by atoms with E-state index in [2.05, 4.69) is 10.3 Å². The van der Waals surface area contributed by atoms with Crippen molar-refractivity contribution in [1.29, 1.82) is 5.26 Å². The molecule has 0 bridgehead atoms. The third-order valence-electron chi connectivity index (χ3n) is 8.43. The Kier molecular flexibility index (Phi) is 8.22. The highest BCUT2D eigenvalue weighted by molar-refractivity contribution is 5.92. The van der Waals surface area contributed by atoms with Crippen molar-refractivity contribution in [3.63, 3.8) is 0 Å².